The van der Waals surface area contributed by atoms with Crippen LogP contribution in [0.4, 0.5) is 0 Å². The molecule has 0 radical (unpaired) electrons. The lowest BCUT2D eigenvalue weighted by molar-refractivity contribution is -0.123. The zero-order valence-corrected chi connectivity index (χ0v) is 17.6. The van der Waals surface area contributed by atoms with Crippen LogP contribution < -0.4 is 10.6 Å². The van der Waals surface area contributed by atoms with E-state index >= 15 is 0 Å². The third-order valence-corrected chi connectivity index (χ3v) is 4.90. The molecule has 0 spiro atoms. The van der Waals surface area contributed by atoms with Crippen molar-refractivity contribution in [1.82, 2.24) is 15.5 Å². The van der Waals surface area contributed by atoms with Crippen molar-refractivity contribution in [3.63, 3.8) is 0 Å². The molecule has 1 atom stereocenters. The molecular formula is C22H29N3O2S. The van der Waals surface area contributed by atoms with Gasteiger partial charge in [0.05, 0.1) is 0 Å². The van der Waals surface area contributed by atoms with Crippen molar-refractivity contribution in [2.45, 2.75) is 25.6 Å². The fourth-order valence-electron chi connectivity index (χ4n) is 2.78. The van der Waals surface area contributed by atoms with Crippen molar-refractivity contribution < 1.29 is 9.59 Å². The molecule has 5 nitrogen and oxygen atoms in total. The molecule has 2 rings (SSSR count). The highest BCUT2D eigenvalue weighted by molar-refractivity contribution is 7.98. The van der Waals surface area contributed by atoms with Crippen molar-refractivity contribution in [2.24, 2.45) is 0 Å². The average molecular weight is 400 g/mol. The predicted octanol–water partition coefficient (Wildman–Crippen LogP) is 2.92. The van der Waals surface area contributed by atoms with E-state index in [2.05, 4.69) is 27.7 Å². The Morgan fingerprint density at radius 3 is 2.25 bits per heavy atom. The molecule has 0 aliphatic carbocycles. The molecule has 2 aromatic rings. The standard InChI is InChI=1S/C22H29N3O2S/c1-25(2)16-18-11-9-17(10-12-18)15-23-22(27)20(13-14-28-3)24-21(26)19-7-5-4-6-8-19/h4-12,20H,13-16H2,1-3H3,(H,23,27)(H,24,26)/t20-/m0/s1. The Kier molecular flexibility index (Phi) is 9.04. The summed E-state index contributed by atoms with van der Waals surface area (Å²) in [5.74, 6) is 0.414. The largest absolute Gasteiger partial charge is 0.350 e. The lowest BCUT2D eigenvalue weighted by atomic mass is 10.1. The Morgan fingerprint density at radius 2 is 1.64 bits per heavy atom. The Labute approximate surface area is 171 Å². The molecule has 0 saturated heterocycles. The summed E-state index contributed by atoms with van der Waals surface area (Å²) >= 11 is 1.66. The van der Waals surface area contributed by atoms with Crippen LogP contribution in [0.5, 0.6) is 0 Å². The van der Waals surface area contributed by atoms with Crippen molar-refractivity contribution >= 4 is 23.6 Å². The molecule has 0 aromatic heterocycles. The van der Waals surface area contributed by atoms with Gasteiger partial charge in [-0.25, -0.2) is 0 Å². The smallest absolute Gasteiger partial charge is 0.251 e. The van der Waals surface area contributed by atoms with Gasteiger partial charge in [-0.2, -0.15) is 11.8 Å². The van der Waals surface area contributed by atoms with E-state index in [1.165, 1.54) is 5.56 Å². The van der Waals surface area contributed by atoms with Crippen LogP contribution in [-0.4, -0.2) is 48.9 Å². The zero-order valence-electron chi connectivity index (χ0n) is 16.8. The third kappa shape index (κ3) is 7.37. The fraction of sp³-hybridized carbons (Fsp3) is 0.364. The molecule has 2 amide bonds. The van der Waals surface area contributed by atoms with Gasteiger partial charge in [0.1, 0.15) is 6.04 Å². The van der Waals surface area contributed by atoms with Crippen molar-refractivity contribution in [3.8, 4) is 0 Å². The van der Waals surface area contributed by atoms with Gasteiger partial charge >= 0.3 is 0 Å². The minimum Gasteiger partial charge on any atom is -0.350 e. The molecule has 0 fully saturated rings. The number of carbonyl (C=O) groups excluding carboxylic acids is 2. The minimum absolute atomic E-state index is 0.157. The normalized spacial score (nSPS) is 11.9. The van der Waals surface area contributed by atoms with Crippen LogP contribution in [0.2, 0.25) is 0 Å². The van der Waals surface area contributed by atoms with Crippen LogP contribution >= 0.6 is 11.8 Å². The second kappa shape index (κ2) is 11.5. The summed E-state index contributed by atoms with van der Waals surface area (Å²) in [6, 6.07) is 16.6. The molecule has 0 saturated carbocycles. The van der Waals surface area contributed by atoms with Gasteiger partial charge in [-0.05, 0) is 55.8 Å². The van der Waals surface area contributed by atoms with Gasteiger partial charge in [0, 0.05) is 18.7 Å². The molecule has 2 aromatic carbocycles. The van der Waals surface area contributed by atoms with Gasteiger partial charge in [-0.3, -0.25) is 9.59 Å². The van der Waals surface area contributed by atoms with Gasteiger partial charge in [0.15, 0.2) is 0 Å². The van der Waals surface area contributed by atoms with Gasteiger partial charge in [0.25, 0.3) is 5.91 Å². The van der Waals surface area contributed by atoms with E-state index in [1.54, 1.807) is 23.9 Å². The highest BCUT2D eigenvalue weighted by Crippen LogP contribution is 2.08. The Bertz CT molecular complexity index is 748. The summed E-state index contributed by atoms with van der Waals surface area (Å²) in [7, 11) is 4.07. The van der Waals surface area contributed by atoms with Crippen LogP contribution in [0.1, 0.15) is 27.9 Å². The van der Waals surface area contributed by atoms with E-state index in [1.807, 2.05) is 50.7 Å². The van der Waals surface area contributed by atoms with Crippen molar-refractivity contribution in [2.75, 3.05) is 26.1 Å². The quantitative estimate of drug-likeness (QED) is 0.645. The zero-order chi connectivity index (χ0) is 20.4. The first-order valence-electron chi connectivity index (χ1n) is 9.34. The molecule has 2 N–H and O–H groups in total. The van der Waals surface area contributed by atoms with Crippen LogP contribution in [0.3, 0.4) is 0 Å². The predicted molar refractivity (Wildman–Crippen MR) is 116 cm³/mol. The first-order chi connectivity index (χ1) is 13.5. The van der Waals surface area contributed by atoms with E-state index in [4.69, 9.17) is 0 Å². The van der Waals surface area contributed by atoms with E-state index < -0.39 is 6.04 Å². The maximum atomic E-state index is 12.7. The number of hydrogen-bond acceptors (Lipinski definition) is 4. The second-order valence-electron chi connectivity index (χ2n) is 6.95. The Hall–Kier alpha value is -2.31. The van der Waals surface area contributed by atoms with E-state index in [-0.39, 0.29) is 11.8 Å². The van der Waals surface area contributed by atoms with E-state index in [0.29, 0.717) is 18.5 Å². The third-order valence-electron chi connectivity index (χ3n) is 4.26. The Morgan fingerprint density at radius 1 is 1.00 bits per heavy atom. The molecule has 0 bridgehead atoms. The molecule has 6 heteroatoms. The lowest BCUT2D eigenvalue weighted by Crippen LogP contribution is -2.46. The maximum Gasteiger partial charge on any atom is 0.251 e. The highest BCUT2D eigenvalue weighted by Gasteiger charge is 2.20. The summed E-state index contributed by atoms with van der Waals surface area (Å²) in [6.45, 7) is 1.33. The van der Waals surface area contributed by atoms with Crippen molar-refractivity contribution in [1.29, 1.82) is 0 Å². The van der Waals surface area contributed by atoms with Gasteiger partial charge in [0.2, 0.25) is 5.91 Å². The number of benzene rings is 2. The average Bonchev–Trinajstić information content (AvgIpc) is 2.70. The number of carbonyl (C=O) groups is 2. The minimum atomic E-state index is -0.548. The molecule has 28 heavy (non-hydrogen) atoms. The number of hydrogen-bond donors (Lipinski definition) is 2. The van der Waals surface area contributed by atoms with Gasteiger partial charge < -0.3 is 15.5 Å². The summed E-state index contributed by atoms with van der Waals surface area (Å²) in [4.78, 5) is 27.2. The molecule has 0 heterocycles. The number of thioether (sulfide) groups is 1. The van der Waals surface area contributed by atoms with E-state index in [9.17, 15) is 9.59 Å². The number of amides is 2. The topological polar surface area (TPSA) is 61.4 Å². The molecule has 0 unspecified atom stereocenters. The van der Waals surface area contributed by atoms with Gasteiger partial charge in [-0.15, -0.1) is 0 Å². The van der Waals surface area contributed by atoms with Gasteiger partial charge in [-0.1, -0.05) is 42.5 Å². The monoisotopic (exact) mass is 399 g/mol. The second-order valence-corrected chi connectivity index (χ2v) is 7.93. The number of nitrogens with one attached hydrogen (secondary N) is 2. The number of nitrogens with zero attached hydrogens (tertiary/aromatic N) is 1. The summed E-state index contributed by atoms with van der Waals surface area (Å²) in [6.07, 6.45) is 2.58. The fourth-order valence-corrected chi connectivity index (χ4v) is 3.25. The lowest BCUT2D eigenvalue weighted by Gasteiger charge is -2.18. The molecule has 0 aliphatic heterocycles. The molecular weight excluding hydrogens is 370 g/mol. The molecule has 0 aliphatic rings. The first kappa shape index (κ1) is 22.0. The summed E-state index contributed by atoms with van der Waals surface area (Å²) < 4.78 is 0. The van der Waals surface area contributed by atoms with Crippen LogP contribution in [0, 0.1) is 0 Å². The Balaban J connectivity index is 1.93. The van der Waals surface area contributed by atoms with Crippen LogP contribution in [0.15, 0.2) is 54.6 Å². The SMILES string of the molecule is CSCC[C@H](NC(=O)c1ccccc1)C(=O)NCc1ccc(CN(C)C)cc1. The summed E-state index contributed by atoms with van der Waals surface area (Å²) in [5, 5.41) is 5.82. The summed E-state index contributed by atoms with van der Waals surface area (Å²) in [5.41, 5.74) is 2.82. The highest BCUT2D eigenvalue weighted by atomic mass is 32.2. The van der Waals surface area contributed by atoms with Crippen molar-refractivity contribution in [3.05, 3.63) is 71.3 Å². The first-order valence-corrected chi connectivity index (χ1v) is 10.7. The maximum absolute atomic E-state index is 12.7. The number of rotatable bonds is 10. The van der Waals surface area contributed by atoms with Crippen LogP contribution in [0.25, 0.3) is 0 Å². The van der Waals surface area contributed by atoms with E-state index in [0.717, 1.165) is 17.9 Å². The van der Waals surface area contributed by atoms with Crippen LogP contribution in [-0.2, 0) is 17.9 Å². The molecule has 150 valence electrons.